The van der Waals surface area contributed by atoms with Crippen LogP contribution in [0.1, 0.15) is 186 Å². The van der Waals surface area contributed by atoms with Gasteiger partial charge >= 0.3 is 0 Å². The zero-order valence-electron chi connectivity index (χ0n) is 65.6. The molecule has 5 aliphatic carbocycles. The molecule has 540 valence electrons. The highest BCUT2D eigenvalue weighted by molar-refractivity contribution is 9.10. The van der Waals surface area contributed by atoms with Crippen molar-refractivity contribution in [2.75, 3.05) is 9.80 Å². The maximum Gasteiger partial charge on any atom is 0.0502 e. The molecule has 0 amide bonds. The number of anilines is 6. The van der Waals surface area contributed by atoms with Gasteiger partial charge in [-0.15, -0.1) is 0 Å². The lowest BCUT2D eigenvalue weighted by Crippen LogP contribution is -2.30. The standard InChI is InChI=1S/C60H52N2.C30H24Br2.C16H16/c1-57(2)45-17-9-13-21-53(45)61(54-22-14-10-18-46(54)57)39-27-31-43-41-29-25-37(33-49(41)59(5,6)51(43)35-39)38-26-30-42-44-32-28-40(36-52(44)60(7,8)50(42)34-38)62-55-23-15-11-19-47(55)58(3,4)48-20-12-16-24-56(48)62;1-29(2)25-13-17(5-9-21(25)23-11-7-19(31)15-27(23)29)18-6-10-22-24-12-8-20(32)16-28(24)30(3,4)26(22)14-18;1-16(2)14-9-5-3-7-12(14)11-13-8-4-6-10-15(13)16/h9-36H,1-8H3;5-16H,1-4H3;3-10H,11H2,1-2H3. The molecule has 2 nitrogen and oxygen atoms in total. The summed E-state index contributed by atoms with van der Waals surface area (Å²) in [5.41, 5.74) is 45.5. The average molecular weight is 1550 g/mol. The lowest BCUT2D eigenvalue weighted by atomic mass is 9.69. The first-order chi connectivity index (χ1) is 52.6. The maximum absolute atomic E-state index is 3.67. The number of hydrogen-bond donors (Lipinski definition) is 0. The largest absolute Gasteiger partial charge is 0.310 e. The topological polar surface area (TPSA) is 6.48 Å². The Kier molecular flexibility index (Phi) is 15.8. The van der Waals surface area contributed by atoms with E-state index in [-0.39, 0.29) is 37.9 Å². The van der Waals surface area contributed by atoms with Gasteiger partial charge in [-0.1, -0.05) is 323 Å². The predicted molar refractivity (Wildman–Crippen MR) is 471 cm³/mol. The summed E-state index contributed by atoms with van der Waals surface area (Å²) in [5, 5.41) is 0. The van der Waals surface area contributed by atoms with Crippen LogP contribution in [0.3, 0.4) is 0 Å². The van der Waals surface area contributed by atoms with Crippen LogP contribution in [0.15, 0.2) is 300 Å². The third-order valence-corrected chi connectivity index (χ3v) is 27.8. The Bertz CT molecular complexity index is 5750. The van der Waals surface area contributed by atoms with Crippen molar-refractivity contribution < 1.29 is 0 Å². The average Bonchev–Trinajstić information content (AvgIpc) is 1.25. The van der Waals surface area contributed by atoms with Gasteiger partial charge in [0.25, 0.3) is 0 Å². The molecular weight excluding hydrogens is 1460 g/mol. The van der Waals surface area contributed by atoms with Crippen LogP contribution in [-0.2, 0) is 44.3 Å². The molecule has 4 heteroatoms. The summed E-state index contributed by atoms with van der Waals surface area (Å²) in [7, 11) is 0. The lowest BCUT2D eigenvalue weighted by Gasteiger charge is -2.42. The number of para-hydroxylation sites is 4. The van der Waals surface area contributed by atoms with Gasteiger partial charge in [0.15, 0.2) is 0 Å². The minimum atomic E-state index is -0.172. The van der Waals surface area contributed by atoms with E-state index in [0.29, 0.717) is 0 Å². The van der Waals surface area contributed by atoms with Crippen LogP contribution in [-0.4, -0.2) is 0 Å². The molecule has 0 N–H and O–H groups in total. The first kappa shape index (κ1) is 70.1. The molecule has 21 rings (SSSR count). The lowest BCUT2D eigenvalue weighted by molar-refractivity contribution is 0.610. The summed E-state index contributed by atoms with van der Waals surface area (Å²) in [4.78, 5) is 4.97. The van der Waals surface area contributed by atoms with E-state index < -0.39 is 0 Å². The third kappa shape index (κ3) is 10.4. The fourth-order valence-electron chi connectivity index (χ4n) is 20.7. The molecule has 0 aromatic heterocycles. The van der Waals surface area contributed by atoms with Crippen LogP contribution >= 0.6 is 31.9 Å². The molecule has 0 radical (unpaired) electrons. The van der Waals surface area contributed by atoms with Crippen molar-refractivity contribution in [1.82, 2.24) is 0 Å². The van der Waals surface area contributed by atoms with Crippen molar-refractivity contribution in [3.63, 3.8) is 0 Å². The van der Waals surface area contributed by atoms with Crippen LogP contribution in [0.2, 0.25) is 0 Å². The van der Waals surface area contributed by atoms with Gasteiger partial charge < -0.3 is 9.80 Å². The number of nitrogens with zero attached hydrogens (tertiary/aromatic N) is 2. The maximum atomic E-state index is 3.67. The Labute approximate surface area is 667 Å². The minimum Gasteiger partial charge on any atom is -0.310 e. The smallest absolute Gasteiger partial charge is 0.0502 e. The van der Waals surface area contributed by atoms with Gasteiger partial charge in [0.05, 0.1) is 22.7 Å². The van der Waals surface area contributed by atoms with Crippen molar-refractivity contribution in [2.24, 2.45) is 0 Å². The van der Waals surface area contributed by atoms with Crippen molar-refractivity contribution in [1.29, 1.82) is 0 Å². The van der Waals surface area contributed by atoms with Crippen LogP contribution in [0.5, 0.6) is 0 Å². The molecular formula is C106H92Br2N2. The van der Waals surface area contributed by atoms with Crippen molar-refractivity contribution in [3.05, 3.63) is 389 Å². The van der Waals surface area contributed by atoms with Gasteiger partial charge in [0.1, 0.15) is 0 Å². The molecule has 2 aliphatic heterocycles. The fourth-order valence-corrected chi connectivity index (χ4v) is 21.4. The number of rotatable bonds is 4. The zero-order chi connectivity index (χ0) is 76.1. The molecule has 110 heavy (non-hydrogen) atoms. The normalized spacial score (nSPS) is 16.8. The van der Waals surface area contributed by atoms with E-state index in [2.05, 4.69) is 430 Å². The molecule has 0 bridgehead atoms. The summed E-state index contributed by atoms with van der Waals surface area (Å²) in [6, 6.07) is 110. The molecule has 0 unspecified atom stereocenters. The Balaban J connectivity index is 0.000000140. The van der Waals surface area contributed by atoms with E-state index >= 15 is 0 Å². The molecule has 0 spiro atoms. The van der Waals surface area contributed by atoms with Crippen LogP contribution in [0.25, 0.3) is 66.8 Å². The number of benzene rings is 14. The van der Waals surface area contributed by atoms with Crippen molar-refractivity contribution >= 4 is 66.0 Å². The van der Waals surface area contributed by atoms with Crippen molar-refractivity contribution in [3.8, 4) is 66.8 Å². The second-order valence-corrected chi connectivity index (χ2v) is 37.3. The molecule has 0 fully saturated rings. The van der Waals surface area contributed by atoms with Crippen molar-refractivity contribution in [2.45, 2.75) is 141 Å². The van der Waals surface area contributed by atoms with E-state index in [9.17, 15) is 0 Å². The predicted octanol–water partition coefficient (Wildman–Crippen LogP) is 29.6. The number of hydrogen-bond acceptors (Lipinski definition) is 2. The third-order valence-electron chi connectivity index (χ3n) is 26.8. The van der Waals surface area contributed by atoms with Gasteiger partial charge in [-0.3, -0.25) is 0 Å². The van der Waals surface area contributed by atoms with Gasteiger partial charge in [-0.05, 0) is 259 Å². The van der Waals surface area contributed by atoms with E-state index in [1.165, 1.54) is 190 Å². The molecule has 14 aromatic carbocycles. The van der Waals surface area contributed by atoms with Gasteiger partial charge in [0, 0.05) is 58.2 Å². The Morgan fingerprint density at radius 1 is 0.200 bits per heavy atom. The molecule has 0 saturated carbocycles. The zero-order valence-corrected chi connectivity index (χ0v) is 68.7. The summed E-state index contributed by atoms with van der Waals surface area (Å²) in [6.45, 7) is 33.1. The van der Waals surface area contributed by atoms with Gasteiger partial charge in [-0.25, -0.2) is 0 Å². The highest BCUT2D eigenvalue weighted by Gasteiger charge is 2.44. The molecule has 0 saturated heterocycles. The molecule has 2 heterocycles. The highest BCUT2D eigenvalue weighted by atomic mass is 79.9. The summed E-state index contributed by atoms with van der Waals surface area (Å²) in [6.07, 6.45) is 1.08. The molecule has 14 aromatic rings. The summed E-state index contributed by atoms with van der Waals surface area (Å²) < 4.78 is 2.29. The van der Waals surface area contributed by atoms with E-state index in [1.54, 1.807) is 0 Å². The van der Waals surface area contributed by atoms with Gasteiger partial charge in [-0.2, -0.15) is 0 Å². The monoisotopic (exact) mass is 1550 g/mol. The van der Waals surface area contributed by atoms with Crippen LogP contribution in [0.4, 0.5) is 34.1 Å². The Morgan fingerprint density at radius 3 is 0.700 bits per heavy atom. The molecule has 0 atom stereocenters. The van der Waals surface area contributed by atoms with Crippen LogP contribution in [0, 0.1) is 0 Å². The quantitative estimate of drug-likeness (QED) is 0.173. The SMILES string of the molecule is CC1(C)c2cc(-c3ccc4c(c3)C(C)(C)c3cc(N5c6ccccc6C(C)(C)c6ccccc65)ccc3-4)ccc2-c2ccc(N3c4ccccc4C(C)(C)c4ccccc43)cc21.CC1(C)c2cc(Br)ccc2-c2ccc(-c3ccc4c(c3)C(C)(C)c3cc(Br)ccc3-4)cc21.CC1(C)c2ccccc2Cc2ccccc21. The number of fused-ring (bicyclic) bond motifs is 18. The van der Waals surface area contributed by atoms with Gasteiger partial charge in [0.2, 0.25) is 0 Å². The molecule has 7 aliphatic rings. The van der Waals surface area contributed by atoms with Crippen LogP contribution < -0.4 is 9.80 Å². The first-order valence-electron chi connectivity index (χ1n) is 39.3. The van der Waals surface area contributed by atoms with E-state index in [0.717, 1.165) is 15.4 Å². The first-order valence-corrected chi connectivity index (χ1v) is 40.9. The summed E-state index contributed by atoms with van der Waals surface area (Å²) >= 11 is 7.33. The Morgan fingerprint density at radius 2 is 0.409 bits per heavy atom. The second-order valence-electron chi connectivity index (χ2n) is 35.5. The second kappa shape index (κ2) is 24.8. The minimum absolute atomic E-state index is 0.0109. The van der Waals surface area contributed by atoms with E-state index in [1.807, 2.05) is 0 Å². The Hall–Kier alpha value is -10.4. The summed E-state index contributed by atoms with van der Waals surface area (Å²) in [5.74, 6) is 0. The number of halogens is 2. The highest BCUT2D eigenvalue weighted by Crippen LogP contribution is 2.60. The van der Waals surface area contributed by atoms with E-state index in [4.69, 9.17) is 0 Å². The fraction of sp³-hybridized carbons (Fsp3) is 0.208.